The lowest BCUT2D eigenvalue weighted by Gasteiger charge is -2.18. The molecule has 4 nitrogen and oxygen atoms in total. The van der Waals surface area contributed by atoms with Crippen molar-refractivity contribution < 1.29 is 4.79 Å². The summed E-state index contributed by atoms with van der Waals surface area (Å²) in [6, 6.07) is 18.2. The third-order valence-electron chi connectivity index (χ3n) is 5.12. The van der Waals surface area contributed by atoms with E-state index in [1.165, 1.54) is 12.0 Å². The molecule has 0 aliphatic carbocycles. The van der Waals surface area contributed by atoms with Crippen molar-refractivity contribution in [2.45, 2.75) is 18.9 Å². The number of benzene rings is 2. The summed E-state index contributed by atoms with van der Waals surface area (Å²) in [6.07, 6.45) is 2.97. The molecule has 1 fully saturated rings. The molecule has 4 heteroatoms. The molecule has 1 aromatic heterocycles. The third-order valence-corrected chi connectivity index (χ3v) is 5.12. The number of nitrogens with one attached hydrogen (secondary N) is 1. The minimum Gasteiger partial charge on any atom is -0.337 e. The summed E-state index contributed by atoms with van der Waals surface area (Å²) < 4.78 is 0. The van der Waals surface area contributed by atoms with E-state index in [0.717, 1.165) is 35.1 Å². The van der Waals surface area contributed by atoms with Crippen molar-refractivity contribution >= 4 is 16.8 Å². The van der Waals surface area contributed by atoms with Crippen LogP contribution in [0.4, 0.5) is 0 Å². The Morgan fingerprint density at radius 3 is 2.81 bits per heavy atom. The van der Waals surface area contributed by atoms with Gasteiger partial charge in [0, 0.05) is 37.3 Å². The summed E-state index contributed by atoms with van der Waals surface area (Å²) in [5.41, 5.74) is 4.14. The van der Waals surface area contributed by atoms with Crippen LogP contribution >= 0.6 is 0 Å². The van der Waals surface area contributed by atoms with Gasteiger partial charge in [0.1, 0.15) is 0 Å². The maximum atomic E-state index is 12.7. The van der Waals surface area contributed by atoms with Crippen molar-refractivity contribution in [3.05, 3.63) is 77.5 Å². The number of aromatic nitrogens is 1. The van der Waals surface area contributed by atoms with Crippen LogP contribution in [0, 0.1) is 0 Å². The van der Waals surface area contributed by atoms with Crippen molar-refractivity contribution in [1.29, 1.82) is 0 Å². The first-order valence-electron chi connectivity index (χ1n) is 9.10. The second kappa shape index (κ2) is 7.26. The van der Waals surface area contributed by atoms with E-state index in [-0.39, 0.29) is 5.91 Å². The Hall–Kier alpha value is -2.72. The number of amides is 1. The Kier molecular flexibility index (Phi) is 4.67. The van der Waals surface area contributed by atoms with E-state index in [9.17, 15) is 4.79 Å². The third kappa shape index (κ3) is 3.46. The Balaban J connectivity index is 1.46. The van der Waals surface area contributed by atoms with Crippen LogP contribution in [0.15, 0.2) is 60.8 Å². The molecule has 1 N–H and O–H groups in total. The van der Waals surface area contributed by atoms with Crippen LogP contribution < -0.4 is 5.32 Å². The van der Waals surface area contributed by atoms with Gasteiger partial charge in [-0.2, -0.15) is 0 Å². The number of pyridine rings is 1. The molecule has 2 aromatic carbocycles. The van der Waals surface area contributed by atoms with Gasteiger partial charge < -0.3 is 10.2 Å². The molecular weight excluding hydrogens is 322 g/mol. The molecule has 0 radical (unpaired) electrons. The van der Waals surface area contributed by atoms with Gasteiger partial charge in [-0.1, -0.05) is 24.3 Å². The molecule has 1 atom stereocenters. The molecule has 1 aliphatic heterocycles. The van der Waals surface area contributed by atoms with E-state index in [0.29, 0.717) is 12.5 Å². The first-order chi connectivity index (χ1) is 12.7. The van der Waals surface area contributed by atoms with Gasteiger partial charge in [0.15, 0.2) is 0 Å². The van der Waals surface area contributed by atoms with Crippen LogP contribution in [0.1, 0.15) is 33.8 Å². The van der Waals surface area contributed by atoms with Crippen LogP contribution in [-0.2, 0) is 6.54 Å². The number of rotatable bonds is 4. The molecule has 132 valence electrons. The summed E-state index contributed by atoms with van der Waals surface area (Å²) in [7, 11) is 1.85. The number of carbonyl (C=O) groups is 1. The van der Waals surface area contributed by atoms with Gasteiger partial charge in [-0.15, -0.1) is 0 Å². The van der Waals surface area contributed by atoms with E-state index in [1.807, 2.05) is 43.4 Å². The number of carbonyl (C=O) groups excluding carboxylic acids is 1. The Bertz CT molecular complexity index is 914. The molecule has 0 bridgehead atoms. The highest BCUT2D eigenvalue weighted by molar-refractivity contribution is 5.94. The van der Waals surface area contributed by atoms with Crippen LogP contribution in [0.2, 0.25) is 0 Å². The molecule has 3 aromatic rings. The lowest BCUT2D eigenvalue weighted by atomic mass is 9.97. The standard InChI is InChI=1S/C22H23N3O/c1-25(15-16-4-9-21-19(13-16)3-2-11-24-21)22(26)18-7-5-17(6-8-18)20-10-12-23-14-20/h2-9,11,13,20,23H,10,12,14-15H2,1H3. The zero-order chi connectivity index (χ0) is 17.9. The van der Waals surface area contributed by atoms with Crippen molar-refractivity contribution in [1.82, 2.24) is 15.2 Å². The van der Waals surface area contributed by atoms with E-state index in [1.54, 1.807) is 11.1 Å². The Morgan fingerprint density at radius 1 is 1.19 bits per heavy atom. The number of nitrogens with zero attached hydrogens (tertiary/aromatic N) is 2. The zero-order valence-electron chi connectivity index (χ0n) is 15.0. The Labute approximate surface area is 153 Å². The number of fused-ring (bicyclic) bond motifs is 1. The van der Waals surface area contributed by atoms with Gasteiger partial charge in [0.05, 0.1) is 5.52 Å². The highest BCUT2D eigenvalue weighted by atomic mass is 16.2. The van der Waals surface area contributed by atoms with Gasteiger partial charge in [-0.25, -0.2) is 0 Å². The van der Waals surface area contributed by atoms with Crippen molar-refractivity contribution in [3.63, 3.8) is 0 Å². The predicted molar refractivity (Wildman–Crippen MR) is 104 cm³/mol. The topological polar surface area (TPSA) is 45.2 Å². The number of hydrogen-bond donors (Lipinski definition) is 1. The van der Waals surface area contributed by atoms with Crippen molar-refractivity contribution in [3.8, 4) is 0 Å². The smallest absolute Gasteiger partial charge is 0.253 e. The normalized spacial score (nSPS) is 16.7. The molecule has 1 aliphatic rings. The fourth-order valence-electron chi connectivity index (χ4n) is 3.63. The zero-order valence-corrected chi connectivity index (χ0v) is 15.0. The molecule has 0 spiro atoms. The van der Waals surface area contributed by atoms with E-state index in [4.69, 9.17) is 0 Å². The molecule has 1 saturated heterocycles. The Morgan fingerprint density at radius 2 is 2.04 bits per heavy atom. The summed E-state index contributed by atoms with van der Waals surface area (Å²) in [5.74, 6) is 0.621. The first-order valence-corrected chi connectivity index (χ1v) is 9.10. The average molecular weight is 345 g/mol. The molecule has 0 saturated carbocycles. The van der Waals surface area contributed by atoms with Gasteiger partial charge in [0.25, 0.3) is 5.91 Å². The van der Waals surface area contributed by atoms with Crippen molar-refractivity contribution in [2.24, 2.45) is 0 Å². The molecule has 26 heavy (non-hydrogen) atoms. The maximum absolute atomic E-state index is 12.7. The predicted octanol–water partition coefficient (Wildman–Crippen LogP) is 3.58. The highest BCUT2D eigenvalue weighted by Crippen LogP contribution is 2.23. The SMILES string of the molecule is CN(Cc1ccc2ncccc2c1)C(=O)c1ccc(C2CCNC2)cc1. The first kappa shape index (κ1) is 16.7. The summed E-state index contributed by atoms with van der Waals surface area (Å²) >= 11 is 0. The minimum atomic E-state index is 0.0485. The molecule has 2 heterocycles. The van der Waals surface area contributed by atoms with Crippen LogP contribution in [0.5, 0.6) is 0 Å². The van der Waals surface area contributed by atoms with Gasteiger partial charge >= 0.3 is 0 Å². The quantitative estimate of drug-likeness (QED) is 0.786. The monoisotopic (exact) mass is 345 g/mol. The second-order valence-corrected chi connectivity index (χ2v) is 7.00. The van der Waals surface area contributed by atoms with Gasteiger partial charge in [-0.3, -0.25) is 9.78 Å². The largest absolute Gasteiger partial charge is 0.337 e. The van der Waals surface area contributed by atoms with Crippen LogP contribution in [0.25, 0.3) is 10.9 Å². The second-order valence-electron chi connectivity index (χ2n) is 7.00. The van der Waals surface area contributed by atoms with Crippen molar-refractivity contribution in [2.75, 3.05) is 20.1 Å². The fourth-order valence-corrected chi connectivity index (χ4v) is 3.63. The molecular formula is C22H23N3O. The number of hydrogen-bond acceptors (Lipinski definition) is 3. The summed E-state index contributed by atoms with van der Waals surface area (Å²) in [5, 5.41) is 4.48. The molecule has 1 unspecified atom stereocenters. The van der Waals surface area contributed by atoms with Gasteiger partial charge in [-0.05, 0) is 60.3 Å². The van der Waals surface area contributed by atoms with Gasteiger partial charge in [0.2, 0.25) is 0 Å². The summed E-state index contributed by atoms with van der Waals surface area (Å²) in [6.45, 7) is 2.69. The molecule has 1 amide bonds. The summed E-state index contributed by atoms with van der Waals surface area (Å²) in [4.78, 5) is 18.9. The van der Waals surface area contributed by atoms with Crippen LogP contribution in [-0.4, -0.2) is 35.9 Å². The van der Waals surface area contributed by atoms with E-state index >= 15 is 0 Å². The average Bonchev–Trinajstić information content (AvgIpc) is 3.22. The maximum Gasteiger partial charge on any atom is 0.253 e. The van der Waals surface area contributed by atoms with E-state index in [2.05, 4.69) is 28.5 Å². The van der Waals surface area contributed by atoms with Crippen LogP contribution in [0.3, 0.4) is 0 Å². The van der Waals surface area contributed by atoms with E-state index < -0.39 is 0 Å². The minimum absolute atomic E-state index is 0.0485. The lowest BCUT2D eigenvalue weighted by molar-refractivity contribution is 0.0785. The fraction of sp³-hybridized carbons (Fsp3) is 0.273. The lowest BCUT2D eigenvalue weighted by Crippen LogP contribution is -2.26. The highest BCUT2D eigenvalue weighted by Gasteiger charge is 2.18. The molecule has 4 rings (SSSR count).